The SMILES string of the molecule is O=S(=O)(O)c1cc(/C=C/c2ccccc2)ccc1/C=C/c1ccc(/C=C/c2ccccc2)cc1S(=O)(=O)O. The molecule has 0 fully saturated rings. The van der Waals surface area contributed by atoms with Crippen LogP contribution in [0.1, 0.15) is 33.4 Å². The molecule has 0 bridgehead atoms. The van der Waals surface area contributed by atoms with Crippen molar-refractivity contribution in [1.29, 1.82) is 0 Å². The van der Waals surface area contributed by atoms with Gasteiger partial charge in [0.2, 0.25) is 0 Å². The van der Waals surface area contributed by atoms with Crippen molar-refractivity contribution in [2.75, 3.05) is 0 Å². The van der Waals surface area contributed by atoms with E-state index in [4.69, 9.17) is 0 Å². The van der Waals surface area contributed by atoms with Gasteiger partial charge in [-0.25, -0.2) is 0 Å². The van der Waals surface area contributed by atoms with Gasteiger partial charge in [-0.05, 0) is 45.5 Å². The van der Waals surface area contributed by atoms with Gasteiger partial charge in [-0.15, -0.1) is 0 Å². The van der Waals surface area contributed by atoms with Gasteiger partial charge in [-0.3, -0.25) is 9.11 Å². The van der Waals surface area contributed by atoms with Gasteiger partial charge in [0.15, 0.2) is 0 Å². The van der Waals surface area contributed by atoms with Gasteiger partial charge >= 0.3 is 0 Å². The zero-order chi connectivity index (χ0) is 27.2. The largest absolute Gasteiger partial charge is 0.295 e. The van der Waals surface area contributed by atoms with Crippen LogP contribution < -0.4 is 0 Å². The van der Waals surface area contributed by atoms with Crippen LogP contribution in [0, 0.1) is 0 Å². The zero-order valence-electron chi connectivity index (χ0n) is 20.0. The zero-order valence-corrected chi connectivity index (χ0v) is 21.7. The summed E-state index contributed by atoms with van der Waals surface area (Å²) in [6, 6.07) is 27.9. The Balaban J connectivity index is 1.67. The highest BCUT2D eigenvalue weighted by Gasteiger charge is 2.17. The molecule has 0 spiro atoms. The highest BCUT2D eigenvalue weighted by molar-refractivity contribution is 7.86. The summed E-state index contributed by atoms with van der Waals surface area (Å²) in [5, 5.41) is 0. The second kappa shape index (κ2) is 11.5. The molecule has 4 aromatic carbocycles. The van der Waals surface area contributed by atoms with Crippen LogP contribution in [0.4, 0.5) is 0 Å². The van der Waals surface area contributed by atoms with E-state index in [1.54, 1.807) is 24.3 Å². The maximum Gasteiger partial charge on any atom is 0.295 e. The van der Waals surface area contributed by atoms with Gasteiger partial charge in [0.05, 0.1) is 0 Å². The van der Waals surface area contributed by atoms with Crippen molar-refractivity contribution in [2.45, 2.75) is 9.79 Å². The molecule has 0 radical (unpaired) electrons. The quantitative estimate of drug-likeness (QED) is 0.189. The van der Waals surface area contributed by atoms with Crippen LogP contribution in [-0.4, -0.2) is 25.9 Å². The molecule has 192 valence electrons. The number of benzene rings is 4. The Bertz CT molecular complexity index is 1610. The van der Waals surface area contributed by atoms with E-state index in [0.717, 1.165) is 11.1 Å². The first-order valence-electron chi connectivity index (χ1n) is 11.5. The highest BCUT2D eigenvalue weighted by atomic mass is 32.2. The summed E-state index contributed by atoms with van der Waals surface area (Å²) in [5.74, 6) is 0. The van der Waals surface area contributed by atoms with Crippen LogP contribution in [0.3, 0.4) is 0 Å². The Morgan fingerprint density at radius 2 is 0.763 bits per heavy atom. The molecule has 6 nitrogen and oxygen atoms in total. The molecule has 0 unspecified atom stereocenters. The summed E-state index contributed by atoms with van der Waals surface area (Å²) >= 11 is 0. The third kappa shape index (κ3) is 7.24. The van der Waals surface area contributed by atoms with E-state index in [1.807, 2.05) is 72.8 Å². The minimum atomic E-state index is -4.58. The van der Waals surface area contributed by atoms with Crippen molar-refractivity contribution in [2.24, 2.45) is 0 Å². The maximum atomic E-state index is 12.1. The summed E-state index contributed by atoms with van der Waals surface area (Å²) in [6.07, 6.45) is 9.80. The molecule has 4 rings (SSSR count). The van der Waals surface area contributed by atoms with Crippen molar-refractivity contribution < 1.29 is 25.9 Å². The molecular weight excluding hydrogens is 520 g/mol. The monoisotopic (exact) mass is 544 g/mol. The summed E-state index contributed by atoms with van der Waals surface area (Å²) < 4.78 is 68.1. The lowest BCUT2D eigenvalue weighted by atomic mass is 10.1. The van der Waals surface area contributed by atoms with E-state index < -0.39 is 20.2 Å². The van der Waals surface area contributed by atoms with Crippen molar-refractivity contribution in [3.05, 3.63) is 130 Å². The molecule has 0 aliphatic rings. The van der Waals surface area contributed by atoms with Gasteiger partial charge in [-0.1, -0.05) is 121 Å². The number of hydrogen-bond donors (Lipinski definition) is 2. The summed E-state index contributed by atoms with van der Waals surface area (Å²) in [7, 11) is -9.17. The third-order valence-corrected chi connectivity index (χ3v) is 7.43. The summed E-state index contributed by atoms with van der Waals surface area (Å²) in [6.45, 7) is 0. The predicted octanol–water partition coefficient (Wildman–Crippen LogP) is 6.69. The molecule has 0 aliphatic heterocycles. The first-order chi connectivity index (χ1) is 18.1. The lowest BCUT2D eigenvalue weighted by molar-refractivity contribution is 0.480. The fourth-order valence-electron chi connectivity index (χ4n) is 3.72. The molecule has 0 heterocycles. The van der Waals surface area contributed by atoms with Crippen molar-refractivity contribution in [3.63, 3.8) is 0 Å². The highest BCUT2D eigenvalue weighted by Crippen LogP contribution is 2.25. The Morgan fingerprint density at radius 3 is 1.11 bits per heavy atom. The standard InChI is InChI=1S/C30H24O6S2/c31-37(32,33)29-21-25(13-11-23-7-3-1-4-8-23)15-17-27(29)19-20-28-18-16-26(22-30(28)38(34,35)36)14-12-24-9-5-2-6-10-24/h1-22H,(H,31,32,33)(H,34,35,36)/b13-11+,14-12+,20-19+. The smallest absolute Gasteiger partial charge is 0.282 e. The molecular formula is C30H24O6S2. The van der Waals surface area contributed by atoms with Crippen LogP contribution in [-0.2, 0) is 20.2 Å². The Morgan fingerprint density at radius 1 is 0.421 bits per heavy atom. The van der Waals surface area contributed by atoms with E-state index in [2.05, 4.69) is 0 Å². The Labute approximate surface area is 222 Å². The van der Waals surface area contributed by atoms with Crippen molar-refractivity contribution in [1.82, 2.24) is 0 Å². The Kier molecular flexibility index (Phi) is 8.19. The second-order valence-electron chi connectivity index (χ2n) is 8.37. The molecule has 38 heavy (non-hydrogen) atoms. The van der Waals surface area contributed by atoms with Crippen LogP contribution >= 0.6 is 0 Å². The minimum Gasteiger partial charge on any atom is -0.282 e. The normalized spacial score (nSPS) is 12.6. The maximum absolute atomic E-state index is 12.1. The molecule has 0 saturated heterocycles. The van der Waals surface area contributed by atoms with E-state index >= 15 is 0 Å². The van der Waals surface area contributed by atoms with Crippen molar-refractivity contribution >= 4 is 56.7 Å². The van der Waals surface area contributed by atoms with E-state index in [9.17, 15) is 25.9 Å². The van der Waals surface area contributed by atoms with Gasteiger partial charge < -0.3 is 0 Å². The number of hydrogen-bond acceptors (Lipinski definition) is 4. The molecule has 0 saturated carbocycles. The third-order valence-electron chi connectivity index (χ3n) is 5.61. The molecule has 0 amide bonds. The molecule has 8 heteroatoms. The molecule has 0 aliphatic carbocycles. The summed E-state index contributed by atoms with van der Waals surface area (Å²) in [4.78, 5) is -0.667. The van der Waals surface area contributed by atoms with Crippen molar-refractivity contribution in [3.8, 4) is 0 Å². The van der Waals surface area contributed by atoms with Crippen LogP contribution in [0.25, 0.3) is 36.5 Å². The molecule has 0 atom stereocenters. The fraction of sp³-hybridized carbons (Fsp3) is 0. The summed E-state index contributed by atoms with van der Waals surface area (Å²) in [5.41, 5.74) is 3.24. The lowest BCUT2D eigenvalue weighted by Crippen LogP contribution is -2.02. The fourth-order valence-corrected chi connectivity index (χ4v) is 5.16. The van der Waals surface area contributed by atoms with Gasteiger partial charge in [0.25, 0.3) is 20.2 Å². The molecule has 4 aromatic rings. The van der Waals surface area contributed by atoms with Gasteiger partial charge in [-0.2, -0.15) is 16.8 Å². The van der Waals surface area contributed by atoms with Crippen LogP contribution in [0.5, 0.6) is 0 Å². The van der Waals surface area contributed by atoms with Gasteiger partial charge in [0.1, 0.15) is 9.79 Å². The average molecular weight is 545 g/mol. The van der Waals surface area contributed by atoms with Crippen LogP contribution in [0.15, 0.2) is 107 Å². The molecule has 0 aromatic heterocycles. The first-order valence-corrected chi connectivity index (χ1v) is 14.3. The predicted molar refractivity (Wildman–Crippen MR) is 152 cm³/mol. The second-order valence-corrected chi connectivity index (χ2v) is 11.1. The minimum absolute atomic E-state index is 0.152. The Hall–Kier alpha value is -4.08. The topological polar surface area (TPSA) is 109 Å². The van der Waals surface area contributed by atoms with E-state index in [1.165, 1.54) is 36.4 Å². The molecule has 2 N–H and O–H groups in total. The van der Waals surface area contributed by atoms with E-state index in [-0.39, 0.29) is 20.9 Å². The first kappa shape index (κ1) is 27.0. The average Bonchev–Trinajstić information content (AvgIpc) is 2.90. The lowest BCUT2D eigenvalue weighted by Gasteiger charge is -2.07. The van der Waals surface area contributed by atoms with E-state index in [0.29, 0.717) is 11.1 Å². The van der Waals surface area contributed by atoms with Crippen LogP contribution in [0.2, 0.25) is 0 Å². The number of rotatable bonds is 8. The van der Waals surface area contributed by atoms with Gasteiger partial charge in [0, 0.05) is 0 Å².